The van der Waals surface area contributed by atoms with E-state index in [1.54, 1.807) is 11.1 Å². The predicted octanol–water partition coefficient (Wildman–Crippen LogP) is 3.06. The van der Waals surface area contributed by atoms with Crippen LogP contribution in [0, 0.1) is 5.92 Å². The molecule has 1 nitrogen and oxygen atoms in total. The molecule has 1 atom stereocenters. The zero-order valence-electron chi connectivity index (χ0n) is 9.21. The largest absolute Gasteiger partial charge is 0.310 e. The van der Waals surface area contributed by atoms with Crippen LogP contribution in [0.15, 0.2) is 24.3 Å². The van der Waals surface area contributed by atoms with Crippen LogP contribution in [0.5, 0.6) is 0 Å². The minimum atomic E-state index is 0.639. The highest BCUT2D eigenvalue weighted by molar-refractivity contribution is 5.32. The summed E-state index contributed by atoms with van der Waals surface area (Å²) in [6.45, 7) is 1.16. The molecule has 0 aromatic heterocycles. The summed E-state index contributed by atoms with van der Waals surface area (Å²) in [7, 11) is 0. The number of hydrogen-bond donors (Lipinski definition) is 1. The van der Waals surface area contributed by atoms with E-state index in [1.165, 1.54) is 32.1 Å². The van der Waals surface area contributed by atoms with E-state index in [2.05, 4.69) is 29.6 Å². The highest BCUT2D eigenvalue weighted by atomic mass is 14.9. The Morgan fingerprint density at radius 2 is 2.07 bits per heavy atom. The van der Waals surface area contributed by atoms with Crippen LogP contribution in [0.25, 0.3) is 0 Å². The highest BCUT2D eigenvalue weighted by Crippen LogP contribution is 2.36. The molecule has 0 bridgehead atoms. The Hall–Kier alpha value is -0.820. The van der Waals surface area contributed by atoms with E-state index < -0.39 is 0 Å². The molecule has 1 heterocycles. The van der Waals surface area contributed by atoms with Gasteiger partial charge in [0.2, 0.25) is 0 Å². The van der Waals surface area contributed by atoms with Crippen molar-refractivity contribution >= 4 is 0 Å². The van der Waals surface area contributed by atoms with Crippen LogP contribution in [-0.2, 0) is 6.42 Å². The fraction of sp³-hybridized carbons (Fsp3) is 0.571. The van der Waals surface area contributed by atoms with Gasteiger partial charge in [0, 0.05) is 6.04 Å². The molecule has 0 radical (unpaired) electrons. The first-order chi connectivity index (χ1) is 7.43. The van der Waals surface area contributed by atoms with Crippen LogP contribution in [0.1, 0.15) is 42.9 Å². The van der Waals surface area contributed by atoms with Crippen molar-refractivity contribution in [3.63, 3.8) is 0 Å². The average molecular weight is 201 g/mol. The quantitative estimate of drug-likeness (QED) is 0.775. The van der Waals surface area contributed by atoms with E-state index in [9.17, 15) is 0 Å². The van der Waals surface area contributed by atoms with Crippen LogP contribution in [-0.4, -0.2) is 6.54 Å². The number of fused-ring (bicyclic) bond motifs is 1. The van der Waals surface area contributed by atoms with Crippen molar-refractivity contribution in [2.45, 2.75) is 38.1 Å². The van der Waals surface area contributed by atoms with Gasteiger partial charge in [0.25, 0.3) is 0 Å². The van der Waals surface area contributed by atoms with Gasteiger partial charge in [0.1, 0.15) is 0 Å². The first-order valence-corrected chi connectivity index (χ1v) is 6.24. The van der Waals surface area contributed by atoms with Crippen LogP contribution < -0.4 is 5.32 Å². The standard InChI is InChI=1S/C14H19N/c1-2-7-13-12(6-1)8-9-15-14(13)10-11-4-3-5-11/h1-2,6-7,11,14-15H,3-5,8-10H2. The summed E-state index contributed by atoms with van der Waals surface area (Å²) in [4.78, 5) is 0. The number of rotatable bonds is 2. The van der Waals surface area contributed by atoms with Crippen molar-refractivity contribution in [3.8, 4) is 0 Å². The molecule has 1 unspecified atom stereocenters. The number of hydrogen-bond acceptors (Lipinski definition) is 1. The van der Waals surface area contributed by atoms with Crippen molar-refractivity contribution in [2.75, 3.05) is 6.54 Å². The van der Waals surface area contributed by atoms with Crippen LogP contribution in [0.4, 0.5) is 0 Å². The second kappa shape index (κ2) is 3.97. The molecular weight excluding hydrogens is 182 g/mol. The van der Waals surface area contributed by atoms with Crippen LogP contribution in [0.2, 0.25) is 0 Å². The van der Waals surface area contributed by atoms with Gasteiger partial charge in [-0.2, -0.15) is 0 Å². The summed E-state index contributed by atoms with van der Waals surface area (Å²) < 4.78 is 0. The Kier molecular flexibility index (Phi) is 2.49. The summed E-state index contributed by atoms with van der Waals surface area (Å²) >= 11 is 0. The zero-order chi connectivity index (χ0) is 10.1. The van der Waals surface area contributed by atoms with Crippen molar-refractivity contribution in [1.82, 2.24) is 5.32 Å². The second-order valence-corrected chi connectivity index (χ2v) is 4.99. The van der Waals surface area contributed by atoms with E-state index in [1.807, 2.05) is 0 Å². The van der Waals surface area contributed by atoms with Gasteiger partial charge in [0.05, 0.1) is 0 Å². The summed E-state index contributed by atoms with van der Waals surface area (Å²) in [5.74, 6) is 0.994. The third-order valence-electron chi connectivity index (χ3n) is 4.01. The average Bonchev–Trinajstić information content (AvgIpc) is 2.23. The topological polar surface area (TPSA) is 12.0 Å². The lowest BCUT2D eigenvalue weighted by atomic mass is 9.78. The van der Waals surface area contributed by atoms with Gasteiger partial charge in [-0.3, -0.25) is 0 Å². The summed E-state index contributed by atoms with van der Waals surface area (Å²) in [6.07, 6.45) is 6.94. The molecule has 1 saturated carbocycles. The minimum Gasteiger partial charge on any atom is -0.310 e. The Morgan fingerprint density at radius 3 is 2.87 bits per heavy atom. The molecule has 80 valence electrons. The van der Waals surface area contributed by atoms with Crippen molar-refractivity contribution in [3.05, 3.63) is 35.4 Å². The molecule has 2 aliphatic rings. The fourth-order valence-electron chi connectivity index (χ4n) is 2.86. The van der Waals surface area contributed by atoms with Gasteiger partial charge in [0.15, 0.2) is 0 Å². The molecule has 15 heavy (non-hydrogen) atoms. The summed E-state index contributed by atoms with van der Waals surface area (Å²) in [5, 5.41) is 3.67. The van der Waals surface area contributed by atoms with Gasteiger partial charge in [-0.25, -0.2) is 0 Å². The molecule has 1 heteroatoms. The van der Waals surface area contributed by atoms with Gasteiger partial charge < -0.3 is 5.32 Å². The maximum Gasteiger partial charge on any atom is 0.0325 e. The van der Waals surface area contributed by atoms with Gasteiger partial charge >= 0.3 is 0 Å². The van der Waals surface area contributed by atoms with Crippen molar-refractivity contribution < 1.29 is 0 Å². The molecule has 1 fully saturated rings. The lowest BCUT2D eigenvalue weighted by Crippen LogP contribution is -2.32. The van der Waals surface area contributed by atoms with E-state index in [0.29, 0.717) is 6.04 Å². The van der Waals surface area contributed by atoms with Gasteiger partial charge in [-0.05, 0) is 36.4 Å². The Balaban J connectivity index is 1.79. The molecule has 1 aliphatic carbocycles. The Bertz CT molecular complexity index is 341. The lowest BCUT2D eigenvalue weighted by molar-refractivity contribution is 0.257. The minimum absolute atomic E-state index is 0.639. The molecule has 1 N–H and O–H groups in total. The highest BCUT2D eigenvalue weighted by Gasteiger charge is 2.25. The Morgan fingerprint density at radius 1 is 1.20 bits per heavy atom. The maximum atomic E-state index is 3.67. The fourth-order valence-corrected chi connectivity index (χ4v) is 2.86. The normalized spacial score (nSPS) is 25.7. The smallest absolute Gasteiger partial charge is 0.0325 e. The molecule has 0 spiro atoms. The van der Waals surface area contributed by atoms with Gasteiger partial charge in [-0.1, -0.05) is 43.5 Å². The third-order valence-corrected chi connectivity index (χ3v) is 4.01. The molecular formula is C14H19N. The SMILES string of the molecule is c1ccc2c(c1)CCNC2CC1CCC1. The van der Waals surface area contributed by atoms with Gasteiger partial charge in [-0.15, -0.1) is 0 Å². The van der Waals surface area contributed by atoms with Crippen molar-refractivity contribution in [2.24, 2.45) is 5.92 Å². The van der Waals surface area contributed by atoms with E-state index >= 15 is 0 Å². The number of nitrogens with one attached hydrogen (secondary N) is 1. The van der Waals surface area contributed by atoms with E-state index in [0.717, 1.165) is 12.5 Å². The predicted molar refractivity (Wildman–Crippen MR) is 62.8 cm³/mol. The summed E-state index contributed by atoms with van der Waals surface area (Å²) in [5.41, 5.74) is 3.14. The van der Waals surface area contributed by atoms with Crippen LogP contribution >= 0.6 is 0 Å². The number of benzene rings is 1. The molecule has 0 saturated heterocycles. The molecule has 3 rings (SSSR count). The molecule has 0 amide bonds. The van der Waals surface area contributed by atoms with Crippen molar-refractivity contribution in [1.29, 1.82) is 0 Å². The summed E-state index contributed by atoms with van der Waals surface area (Å²) in [6, 6.07) is 9.60. The molecule has 1 aliphatic heterocycles. The first kappa shape index (κ1) is 9.41. The maximum absolute atomic E-state index is 3.67. The molecule has 1 aromatic carbocycles. The van der Waals surface area contributed by atoms with E-state index in [-0.39, 0.29) is 0 Å². The van der Waals surface area contributed by atoms with Crippen LogP contribution in [0.3, 0.4) is 0 Å². The van der Waals surface area contributed by atoms with E-state index in [4.69, 9.17) is 0 Å². The Labute approximate surface area is 91.9 Å². The lowest BCUT2D eigenvalue weighted by Gasteiger charge is -2.33. The zero-order valence-corrected chi connectivity index (χ0v) is 9.21. The monoisotopic (exact) mass is 201 g/mol. The molecule has 1 aromatic rings. The third kappa shape index (κ3) is 1.81. The second-order valence-electron chi connectivity index (χ2n) is 4.99. The first-order valence-electron chi connectivity index (χ1n) is 6.24.